The first kappa shape index (κ1) is 13.2. The minimum atomic E-state index is 0.726. The SMILES string of the molecule is CCNCCOCc1c(C)cc(C)cc1C. The molecule has 0 unspecified atom stereocenters. The van der Waals surface area contributed by atoms with Crippen molar-refractivity contribution in [3.63, 3.8) is 0 Å². The molecule has 1 aromatic carbocycles. The molecule has 0 atom stereocenters. The van der Waals surface area contributed by atoms with Gasteiger partial charge in [0.05, 0.1) is 13.2 Å². The standard InChI is InChI=1S/C14H23NO/c1-5-15-6-7-16-10-14-12(3)8-11(2)9-13(14)4/h8-9,15H,5-7,10H2,1-4H3. The molecule has 0 radical (unpaired) electrons. The number of nitrogens with one attached hydrogen (secondary N) is 1. The molecular formula is C14H23NO. The summed E-state index contributed by atoms with van der Waals surface area (Å²) in [4.78, 5) is 0. The summed E-state index contributed by atoms with van der Waals surface area (Å²) in [6.45, 7) is 12.0. The van der Waals surface area contributed by atoms with Crippen LogP contribution in [0.3, 0.4) is 0 Å². The zero-order valence-electron chi connectivity index (χ0n) is 10.9. The van der Waals surface area contributed by atoms with E-state index >= 15 is 0 Å². The Morgan fingerprint density at radius 3 is 2.31 bits per heavy atom. The van der Waals surface area contributed by atoms with E-state index in [2.05, 4.69) is 45.1 Å². The highest BCUT2D eigenvalue weighted by Crippen LogP contribution is 2.17. The van der Waals surface area contributed by atoms with Gasteiger partial charge in [0.25, 0.3) is 0 Å². The van der Waals surface area contributed by atoms with Crippen LogP contribution in [0.25, 0.3) is 0 Å². The molecule has 0 aromatic heterocycles. The van der Waals surface area contributed by atoms with Crippen molar-refractivity contribution in [1.29, 1.82) is 0 Å². The molecule has 2 nitrogen and oxygen atoms in total. The molecule has 0 saturated carbocycles. The van der Waals surface area contributed by atoms with Crippen LogP contribution in [0.15, 0.2) is 12.1 Å². The Morgan fingerprint density at radius 1 is 1.12 bits per heavy atom. The molecular weight excluding hydrogens is 198 g/mol. The quantitative estimate of drug-likeness (QED) is 0.746. The van der Waals surface area contributed by atoms with Crippen LogP contribution < -0.4 is 5.32 Å². The van der Waals surface area contributed by atoms with Crippen LogP contribution in [0.1, 0.15) is 29.2 Å². The van der Waals surface area contributed by atoms with Gasteiger partial charge in [0.15, 0.2) is 0 Å². The first-order chi connectivity index (χ1) is 7.65. The van der Waals surface area contributed by atoms with Crippen LogP contribution in [0.4, 0.5) is 0 Å². The first-order valence-corrected chi connectivity index (χ1v) is 6.00. The van der Waals surface area contributed by atoms with E-state index in [1.165, 1.54) is 22.3 Å². The van der Waals surface area contributed by atoms with E-state index in [9.17, 15) is 0 Å². The van der Waals surface area contributed by atoms with E-state index in [0.29, 0.717) is 0 Å². The van der Waals surface area contributed by atoms with Gasteiger partial charge in [-0.3, -0.25) is 0 Å². The van der Waals surface area contributed by atoms with Gasteiger partial charge < -0.3 is 10.1 Å². The zero-order chi connectivity index (χ0) is 12.0. The molecule has 16 heavy (non-hydrogen) atoms. The fourth-order valence-corrected chi connectivity index (χ4v) is 1.93. The van der Waals surface area contributed by atoms with Crippen LogP contribution in [0.5, 0.6) is 0 Å². The number of aryl methyl sites for hydroxylation is 3. The van der Waals surface area contributed by atoms with Gasteiger partial charge >= 0.3 is 0 Å². The molecule has 0 saturated heterocycles. The monoisotopic (exact) mass is 221 g/mol. The Labute approximate surface area is 99.0 Å². The number of hydrogen-bond donors (Lipinski definition) is 1. The van der Waals surface area contributed by atoms with E-state index in [0.717, 1.165) is 26.3 Å². The summed E-state index contributed by atoms with van der Waals surface area (Å²) in [5.74, 6) is 0. The summed E-state index contributed by atoms with van der Waals surface area (Å²) >= 11 is 0. The van der Waals surface area contributed by atoms with Crippen molar-refractivity contribution in [3.05, 3.63) is 34.4 Å². The van der Waals surface area contributed by atoms with Crippen molar-refractivity contribution in [2.24, 2.45) is 0 Å². The van der Waals surface area contributed by atoms with Crippen LogP contribution in [-0.4, -0.2) is 19.7 Å². The highest BCUT2D eigenvalue weighted by Gasteiger charge is 2.03. The van der Waals surface area contributed by atoms with E-state index in [1.807, 2.05) is 0 Å². The lowest BCUT2D eigenvalue weighted by molar-refractivity contribution is 0.122. The van der Waals surface area contributed by atoms with Crippen LogP contribution in [0.2, 0.25) is 0 Å². The number of ether oxygens (including phenoxy) is 1. The number of hydrogen-bond acceptors (Lipinski definition) is 2. The van der Waals surface area contributed by atoms with Gasteiger partial charge in [-0.25, -0.2) is 0 Å². The average molecular weight is 221 g/mol. The molecule has 1 rings (SSSR count). The van der Waals surface area contributed by atoms with E-state index in [1.54, 1.807) is 0 Å². The Morgan fingerprint density at radius 2 is 1.75 bits per heavy atom. The predicted octanol–water partition coefficient (Wildman–Crippen LogP) is 2.74. The van der Waals surface area contributed by atoms with Crippen molar-refractivity contribution >= 4 is 0 Å². The largest absolute Gasteiger partial charge is 0.375 e. The number of likely N-dealkylation sites (N-methyl/N-ethyl adjacent to an activating group) is 1. The molecule has 90 valence electrons. The molecule has 0 heterocycles. The molecule has 0 aliphatic heterocycles. The van der Waals surface area contributed by atoms with Gasteiger partial charge in [-0.05, 0) is 44.0 Å². The smallest absolute Gasteiger partial charge is 0.0722 e. The normalized spacial score (nSPS) is 10.8. The summed E-state index contributed by atoms with van der Waals surface area (Å²) in [5, 5.41) is 3.25. The second-order valence-corrected chi connectivity index (χ2v) is 4.28. The van der Waals surface area contributed by atoms with Crippen molar-refractivity contribution < 1.29 is 4.74 Å². The Balaban J connectivity index is 2.47. The summed E-state index contributed by atoms with van der Waals surface area (Å²) in [5.41, 5.74) is 5.33. The topological polar surface area (TPSA) is 21.3 Å². The van der Waals surface area contributed by atoms with E-state index in [-0.39, 0.29) is 0 Å². The second kappa shape index (κ2) is 6.66. The number of benzene rings is 1. The van der Waals surface area contributed by atoms with Crippen molar-refractivity contribution in [3.8, 4) is 0 Å². The van der Waals surface area contributed by atoms with Gasteiger partial charge in [-0.15, -0.1) is 0 Å². The number of rotatable bonds is 6. The first-order valence-electron chi connectivity index (χ1n) is 6.00. The maximum atomic E-state index is 5.66. The molecule has 0 bridgehead atoms. The minimum Gasteiger partial charge on any atom is -0.375 e. The Hall–Kier alpha value is -0.860. The molecule has 0 amide bonds. The summed E-state index contributed by atoms with van der Waals surface area (Å²) in [6.07, 6.45) is 0. The van der Waals surface area contributed by atoms with Gasteiger partial charge in [-0.1, -0.05) is 24.6 Å². The van der Waals surface area contributed by atoms with Gasteiger partial charge in [0, 0.05) is 6.54 Å². The lowest BCUT2D eigenvalue weighted by atomic mass is 10.0. The van der Waals surface area contributed by atoms with E-state index in [4.69, 9.17) is 4.74 Å². The predicted molar refractivity (Wildman–Crippen MR) is 68.9 cm³/mol. The third-order valence-electron chi connectivity index (χ3n) is 2.76. The van der Waals surface area contributed by atoms with E-state index < -0.39 is 0 Å². The van der Waals surface area contributed by atoms with Crippen LogP contribution in [-0.2, 0) is 11.3 Å². The molecule has 1 N–H and O–H groups in total. The van der Waals surface area contributed by atoms with Crippen LogP contribution in [0, 0.1) is 20.8 Å². The molecule has 0 spiro atoms. The third-order valence-corrected chi connectivity index (χ3v) is 2.76. The molecule has 2 heteroatoms. The van der Waals surface area contributed by atoms with Crippen molar-refractivity contribution in [2.45, 2.75) is 34.3 Å². The van der Waals surface area contributed by atoms with Gasteiger partial charge in [-0.2, -0.15) is 0 Å². The minimum absolute atomic E-state index is 0.726. The van der Waals surface area contributed by atoms with Crippen molar-refractivity contribution in [2.75, 3.05) is 19.7 Å². The Kier molecular flexibility index (Phi) is 5.50. The summed E-state index contributed by atoms with van der Waals surface area (Å²) in [6, 6.07) is 4.44. The van der Waals surface area contributed by atoms with Crippen molar-refractivity contribution in [1.82, 2.24) is 5.32 Å². The average Bonchev–Trinajstić information content (AvgIpc) is 2.20. The van der Waals surface area contributed by atoms with Gasteiger partial charge in [0.2, 0.25) is 0 Å². The lowest BCUT2D eigenvalue weighted by Gasteiger charge is -2.12. The third kappa shape index (κ3) is 3.95. The second-order valence-electron chi connectivity index (χ2n) is 4.28. The molecule has 1 aromatic rings. The Bertz CT molecular complexity index is 311. The maximum Gasteiger partial charge on any atom is 0.0722 e. The summed E-state index contributed by atoms with van der Waals surface area (Å²) in [7, 11) is 0. The highest BCUT2D eigenvalue weighted by atomic mass is 16.5. The zero-order valence-corrected chi connectivity index (χ0v) is 10.9. The maximum absolute atomic E-state index is 5.66. The fraction of sp³-hybridized carbons (Fsp3) is 0.571. The molecule has 0 aliphatic rings. The molecule has 0 fully saturated rings. The fourth-order valence-electron chi connectivity index (χ4n) is 1.93. The lowest BCUT2D eigenvalue weighted by Crippen LogP contribution is -2.19. The highest BCUT2D eigenvalue weighted by molar-refractivity contribution is 5.36. The van der Waals surface area contributed by atoms with Crippen LogP contribution >= 0.6 is 0 Å². The van der Waals surface area contributed by atoms with Gasteiger partial charge in [0.1, 0.15) is 0 Å². The molecule has 0 aliphatic carbocycles. The summed E-state index contributed by atoms with van der Waals surface area (Å²) < 4.78 is 5.66.